The zero-order valence-corrected chi connectivity index (χ0v) is 19.2. The van der Waals surface area contributed by atoms with Crippen LogP contribution in [0.2, 0.25) is 5.02 Å². The maximum atomic E-state index is 14.0. The van der Waals surface area contributed by atoms with E-state index in [1.54, 1.807) is 19.2 Å². The molecule has 1 unspecified atom stereocenters. The minimum atomic E-state index is -1.21. The van der Waals surface area contributed by atoms with E-state index in [-0.39, 0.29) is 23.0 Å². The number of hydrogen-bond acceptors (Lipinski definition) is 6. The highest BCUT2D eigenvalue weighted by Crippen LogP contribution is 2.48. The Morgan fingerprint density at radius 1 is 1.21 bits per heavy atom. The van der Waals surface area contributed by atoms with Crippen molar-refractivity contribution in [3.8, 4) is 16.9 Å². The maximum Gasteiger partial charge on any atom is 0.261 e. The Morgan fingerprint density at radius 2 is 1.97 bits per heavy atom. The molecule has 1 fully saturated rings. The van der Waals surface area contributed by atoms with Crippen molar-refractivity contribution >= 4 is 23.5 Å². The number of ether oxygens (including phenoxy) is 3. The van der Waals surface area contributed by atoms with Gasteiger partial charge in [-0.05, 0) is 54.8 Å². The Kier molecular flexibility index (Phi) is 5.34. The smallest absolute Gasteiger partial charge is 0.261 e. The summed E-state index contributed by atoms with van der Waals surface area (Å²) in [7, 11) is 1.61. The molecule has 1 amide bonds. The highest BCUT2D eigenvalue weighted by Gasteiger charge is 2.53. The van der Waals surface area contributed by atoms with Crippen LogP contribution in [-0.4, -0.2) is 48.9 Å². The third-order valence-corrected chi connectivity index (χ3v) is 6.78. The van der Waals surface area contributed by atoms with Crippen molar-refractivity contribution in [3.63, 3.8) is 0 Å². The number of hydrogen-bond donors (Lipinski definition) is 1. The maximum absolute atomic E-state index is 14.0. The summed E-state index contributed by atoms with van der Waals surface area (Å²) in [6, 6.07) is 9.75. The second-order valence-corrected chi connectivity index (χ2v) is 9.31. The molecule has 2 aromatic rings. The number of guanidine groups is 1. The number of rotatable bonds is 4. The van der Waals surface area contributed by atoms with Crippen molar-refractivity contribution in [3.05, 3.63) is 52.8 Å². The molecule has 1 spiro atoms. The number of amides is 1. The molecule has 33 heavy (non-hydrogen) atoms. The summed E-state index contributed by atoms with van der Waals surface area (Å²) >= 11 is 6.06. The van der Waals surface area contributed by atoms with Crippen molar-refractivity contribution in [1.82, 2.24) is 4.90 Å². The molecule has 5 rings (SSSR count). The molecule has 3 heterocycles. The molecule has 9 heteroatoms. The first-order valence-electron chi connectivity index (χ1n) is 10.9. The van der Waals surface area contributed by atoms with Crippen LogP contribution in [0.4, 0.5) is 4.39 Å². The molecule has 0 radical (unpaired) electrons. The third-order valence-electron chi connectivity index (χ3n) is 6.56. The second-order valence-electron chi connectivity index (χ2n) is 8.88. The number of nitrogens with zero attached hydrogens (tertiary/aromatic N) is 2. The highest BCUT2D eigenvalue weighted by molar-refractivity contribution is 6.30. The molecule has 2 N–H and O–H groups in total. The summed E-state index contributed by atoms with van der Waals surface area (Å²) in [6.07, 6.45) is 1.27. The molecule has 0 aliphatic carbocycles. The van der Waals surface area contributed by atoms with Crippen LogP contribution < -0.4 is 10.5 Å². The molecule has 3 aliphatic heterocycles. The Hall–Kier alpha value is -2.68. The van der Waals surface area contributed by atoms with Gasteiger partial charge in [-0.15, -0.1) is 0 Å². The van der Waals surface area contributed by atoms with E-state index in [0.717, 1.165) is 0 Å². The van der Waals surface area contributed by atoms with Gasteiger partial charge in [-0.25, -0.2) is 9.38 Å². The fourth-order valence-corrected chi connectivity index (χ4v) is 5.03. The number of likely N-dealkylation sites (N-methyl/N-ethyl adjacent to an activating group) is 1. The molecule has 2 aromatic carbocycles. The van der Waals surface area contributed by atoms with E-state index in [9.17, 15) is 9.18 Å². The fraction of sp³-hybridized carbons (Fsp3) is 0.417. The molecule has 2 atom stereocenters. The topological polar surface area (TPSA) is 86.4 Å². The van der Waals surface area contributed by atoms with Crippen molar-refractivity contribution in [2.45, 2.75) is 43.6 Å². The van der Waals surface area contributed by atoms with Crippen molar-refractivity contribution in [1.29, 1.82) is 0 Å². The van der Waals surface area contributed by atoms with E-state index in [0.29, 0.717) is 54.9 Å². The van der Waals surface area contributed by atoms with Gasteiger partial charge in [0, 0.05) is 30.5 Å². The summed E-state index contributed by atoms with van der Waals surface area (Å²) in [6.45, 7) is 3.03. The third kappa shape index (κ3) is 3.86. The number of aliphatic imine (C=N–C) groups is 1. The number of carbonyl (C=O) groups is 1. The van der Waals surface area contributed by atoms with Crippen LogP contribution in [-0.2, 0) is 19.8 Å². The number of nitrogens with two attached hydrogens (primary N) is 1. The van der Waals surface area contributed by atoms with Gasteiger partial charge in [-0.1, -0.05) is 17.7 Å². The van der Waals surface area contributed by atoms with E-state index < -0.39 is 17.1 Å². The lowest BCUT2D eigenvalue weighted by atomic mass is 9.79. The van der Waals surface area contributed by atoms with Crippen LogP contribution in [0, 0.1) is 5.82 Å². The van der Waals surface area contributed by atoms with Gasteiger partial charge in [0.25, 0.3) is 5.91 Å². The Morgan fingerprint density at radius 3 is 2.64 bits per heavy atom. The van der Waals surface area contributed by atoms with Crippen molar-refractivity contribution < 1.29 is 23.4 Å². The minimum absolute atomic E-state index is 0.153. The van der Waals surface area contributed by atoms with Gasteiger partial charge < -0.3 is 19.9 Å². The largest absolute Gasteiger partial charge is 0.490 e. The highest BCUT2D eigenvalue weighted by atomic mass is 35.5. The van der Waals surface area contributed by atoms with Crippen LogP contribution in [0.15, 0.2) is 41.4 Å². The van der Waals surface area contributed by atoms with E-state index >= 15 is 0 Å². The molecule has 1 saturated heterocycles. The van der Waals surface area contributed by atoms with Crippen LogP contribution in [0.25, 0.3) is 11.1 Å². The van der Waals surface area contributed by atoms with Crippen molar-refractivity contribution in [2.75, 3.05) is 20.3 Å². The lowest BCUT2D eigenvalue weighted by Gasteiger charge is -2.37. The van der Waals surface area contributed by atoms with Gasteiger partial charge in [0.05, 0.1) is 13.2 Å². The molecule has 174 valence electrons. The Labute approximate surface area is 196 Å². The van der Waals surface area contributed by atoms with Gasteiger partial charge in [-0.2, -0.15) is 0 Å². The number of benzene rings is 2. The Bertz CT molecular complexity index is 1130. The molecular formula is C24H25ClFN3O4. The van der Waals surface area contributed by atoms with Gasteiger partial charge in [-0.3, -0.25) is 9.69 Å². The van der Waals surface area contributed by atoms with Gasteiger partial charge in [0.1, 0.15) is 17.7 Å². The number of fused-ring (bicyclic) bond motifs is 2. The quantitative estimate of drug-likeness (QED) is 0.729. The zero-order chi connectivity index (χ0) is 23.4. The lowest BCUT2D eigenvalue weighted by Crippen LogP contribution is -2.46. The molecular weight excluding hydrogens is 449 g/mol. The summed E-state index contributed by atoms with van der Waals surface area (Å²) in [4.78, 5) is 19.4. The van der Waals surface area contributed by atoms with E-state index in [2.05, 4.69) is 4.99 Å². The lowest BCUT2D eigenvalue weighted by molar-refractivity contribution is -0.151. The number of halogens is 2. The van der Waals surface area contributed by atoms with Crippen LogP contribution in [0.1, 0.15) is 31.7 Å². The molecule has 0 saturated carbocycles. The summed E-state index contributed by atoms with van der Waals surface area (Å²) in [5, 5.41) is 0.289. The average Bonchev–Trinajstić information content (AvgIpc) is 3.30. The molecule has 0 bridgehead atoms. The first-order chi connectivity index (χ1) is 15.7. The predicted octanol–water partition coefficient (Wildman–Crippen LogP) is 3.82. The fourth-order valence-electron chi connectivity index (χ4n) is 4.81. The summed E-state index contributed by atoms with van der Waals surface area (Å²) < 4.78 is 31.7. The normalized spacial score (nSPS) is 25.8. The van der Waals surface area contributed by atoms with Gasteiger partial charge >= 0.3 is 0 Å². The Balaban J connectivity index is 1.53. The van der Waals surface area contributed by atoms with E-state index in [1.807, 2.05) is 19.1 Å². The van der Waals surface area contributed by atoms with E-state index in [1.165, 1.54) is 17.0 Å². The van der Waals surface area contributed by atoms with Crippen LogP contribution in [0.5, 0.6) is 5.75 Å². The SMILES string of the molecule is CN1C(=O)C2(C[C@H](CCC3(C)OCCO3)Oc3ccc(-c4cc(F)cc(Cl)c4)cc32)N=C1N. The average molecular weight is 474 g/mol. The minimum Gasteiger partial charge on any atom is -0.490 e. The number of carbonyl (C=O) groups excluding carboxylic acids is 1. The van der Waals surface area contributed by atoms with Crippen molar-refractivity contribution in [2.24, 2.45) is 10.7 Å². The van der Waals surface area contributed by atoms with Crippen LogP contribution in [0.3, 0.4) is 0 Å². The molecule has 7 nitrogen and oxygen atoms in total. The standard InChI is InChI=1S/C24H25ClFN3O4/c1-23(31-7-8-32-23)6-5-18-13-24(21(30)29(2)22(27)28-24)19-11-14(3-4-20(19)33-18)15-9-16(25)12-17(26)10-15/h3-4,9-12,18H,5-8,13H2,1-2H3,(H2,27,28)/t18-,24?/m0/s1. The zero-order valence-electron chi connectivity index (χ0n) is 18.4. The first kappa shape index (κ1) is 22.1. The first-order valence-corrected chi connectivity index (χ1v) is 11.3. The summed E-state index contributed by atoms with van der Waals surface area (Å²) in [5.74, 6) is -0.610. The molecule has 0 aromatic heterocycles. The predicted molar refractivity (Wildman–Crippen MR) is 121 cm³/mol. The molecule has 3 aliphatic rings. The van der Waals surface area contributed by atoms with Crippen LogP contribution >= 0.6 is 11.6 Å². The van der Waals surface area contributed by atoms with Gasteiger partial charge in [0.15, 0.2) is 17.3 Å². The van der Waals surface area contributed by atoms with Gasteiger partial charge in [0.2, 0.25) is 0 Å². The monoisotopic (exact) mass is 473 g/mol. The second kappa shape index (κ2) is 7.97. The van der Waals surface area contributed by atoms with E-state index in [4.69, 9.17) is 31.5 Å². The summed E-state index contributed by atoms with van der Waals surface area (Å²) in [5.41, 5.74) is 6.77.